The van der Waals surface area contributed by atoms with E-state index in [0.29, 0.717) is 4.61 Å². The van der Waals surface area contributed by atoms with E-state index in [1.54, 1.807) is 24.3 Å². The zero-order chi connectivity index (χ0) is 23.1. The molecule has 0 aromatic heterocycles. The SMILES string of the molecule is Cc1ccc(S(=O)(=O)/N=C([Se]c2ccccc2)\C(=C\c2ccccc2)c2ccccc2)cc1. The number of sulfonamides is 1. The molecule has 0 aliphatic heterocycles. The van der Waals surface area contributed by atoms with E-state index in [9.17, 15) is 8.42 Å². The standard InChI is InChI=1S/C28H23NO2SSe/c1-22-17-19-25(20-18-22)32(30,31)29-28(33-26-15-9-4-10-16-26)27(24-13-7-3-8-14-24)21-23-11-5-2-6-12-23/h2-21H,1H3/b27-21+,29-28+. The van der Waals surface area contributed by atoms with Gasteiger partial charge in [0.05, 0.1) is 0 Å². The molecular weight excluding hydrogens is 493 g/mol. The molecule has 0 unspecified atom stereocenters. The van der Waals surface area contributed by atoms with E-state index in [2.05, 4.69) is 4.40 Å². The molecule has 3 nitrogen and oxygen atoms in total. The van der Waals surface area contributed by atoms with Crippen LogP contribution in [0.25, 0.3) is 11.6 Å². The van der Waals surface area contributed by atoms with E-state index in [-0.39, 0.29) is 19.9 Å². The predicted octanol–water partition coefficient (Wildman–Crippen LogP) is 5.35. The van der Waals surface area contributed by atoms with Crippen LogP contribution in [0, 0.1) is 6.92 Å². The Morgan fingerprint density at radius 3 is 1.88 bits per heavy atom. The Labute approximate surface area is 201 Å². The Kier molecular flexibility index (Phi) is 7.36. The van der Waals surface area contributed by atoms with Crippen molar-refractivity contribution in [3.05, 3.63) is 132 Å². The van der Waals surface area contributed by atoms with Gasteiger partial charge >= 0.3 is 202 Å². The van der Waals surface area contributed by atoms with Crippen LogP contribution in [-0.2, 0) is 10.0 Å². The Bertz CT molecular complexity index is 1360. The summed E-state index contributed by atoms with van der Waals surface area (Å²) in [5.41, 5.74) is 3.72. The zero-order valence-corrected chi connectivity index (χ0v) is 20.7. The fourth-order valence-electron chi connectivity index (χ4n) is 3.20. The summed E-state index contributed by atoms with van der Waals surface area (Å²) in [5, 5.41) is 0. The van der Waals surface area contributed by atoms with Crippen molar-refractivity contribution in [3.8, 4) is 0 Å². The van der Waals surface area contributed by atoms with Crippen molar-refractivity contribution in [1.82, 2.24) is 0 Å². The molecule has 0 atom stereocenters. The number of aryl methyl sites for hydroxylation is 1. The van der Waals surface area contributed by atoms with Gasteiger partial charge < -0.3 is 0 Å². The second-order valence-electron chi connectivity index (χ2n) is 7.43. The molecule has 5 heteroatoms. The van der Waals surface area contributed by atoms with Crippen LogP contribution in [0.3, 0.4) is 0 Å². The first-order valence-corrected chi connectivity index (χ1v) is 13.6. The van der Waals surface area contributed by atoms with Crippen molar-refractivity contribution in [1.29, 1.82) is 0 Å². The van der Waals surface area contributed by atoms with Gasteiger partial charge in [-0.3, -0.25) is 0 Å². The molecule has 0 heterocycles. The molecule has 4 aromatic rings. The van der Waals surface area contributed by atoms with Crippen molar-refractivity contribution >= 4 is 45.7 Å². The van der Waals surface area contributed by atoms with Crippen LogP contribution in [0.4, 0.5) is 0 Å². The van der Waals surface area contributed by atoms with E-state index >= 15 is 0 Å². The number of benzene rings is 4. The summed E-state index contributed by atoms with van der Waals surface area (Å²) in [6.07, 6.45) is 2.02. The van der Waals surface area contributed by atoms with Gasteiger partial charge in [-0.05, 0) is 0 Å². The molecule has 4 rings (SSSR count). The fraction of sp³-hybridized carbons (Fsp3) is 0.0357. The average Bonchev–Trinajstić information content (AvgIpc) is 2.84. The molecule has 4 aromatic carbocycles. The summed E-state index contributed by atoms with van der Waals surface area (Å²) >= 11 is -0.324. The van der Waals surface area contributed by atoms with E-state index in [1.165, 1.54) is 0 Å². The molecule has 0 saturated heterocycles. The maximum atomic E-state index is 13.3. The summed E-state index contributed by atoms with van der Waals surface area (Å²) in [7, 11) is -3.88. The number of nitrogens with zero attached hydrogens (tertiary/aromatic N) is 1. The Morgan fingerprint density at radius 1 is 0.727 bits per heavy atom. The summed E-state index contributed by atoms with van der Waals surface area (Å²) in [5.74, 6) is 0. The van der Waals surface area contributed by atoms with Crippen molar-refractivity contribution in [2.75, 3.05) is 0 Å². The first kappa shape index (κ1) is 22.9. The van der Waals surface area contributed by atoms with E-state index < -0.39 is 10.0 Å². The zero-order valence-electron chi connectivity index (χ0n) is 18.1. The molecule has 0 aliphatic rings. The molecule has 0 spiro atoms. The molecule has 0 saturated carbocycles. The van der Waals surface area contributed by atoms with Crippen molar-refractivity contribution < 1.29 is 8.42 Å². The van der Waals surface area contributed by atoms with Gasteiger partial charge in [0, 0.05) is 0 Å². The van der Waals surface area contributed by atoms with E-state index in [4.69, 9.17) is 0 Å². The molecule has 0 aliphatic carbocycles. The monoisotopic (exact) mass is 517 g/mol. The molecule has 0 amide bonds. The normalized spacial score (nSPS) is 12.5. The molecule has 0 N–H and O–H groups in total. The first-order chi connectivity index (χ1) is 16.0. The molecule has 0 radical (unpaired) electrons. The topological polar surface area (TPSA) is 46.5 Å². The molecule has 0 bridgehead atoms. The quantitative estimate of drug-likeness (QED) is 0.189. The van der Waals surface area contributed by atoms with Gasteiger partial charge in [-0.15, -0.1) is 0 Å². The second kappa shape index (κ2) is 10.6. The molecular formula is C28H23NO2SSe. The molecule has 164 valence electrons. The van der Waals surface area contributed by atoms with Crippen LogP contribution in [0.2, 0.25) is 0 Å². The van der Waals surface area contributed by atoms with E-state index in [0.717, 1.165) is 26.7 Å². The minimum absolute atomic E-state index is 0.196. The Morgan fingerprint density at radius 2 is 1.27 bits per heavy atom. The van der Waals surface area contributed by atoms with Crippen LogP contribution < -0.4 is 4.46 Å². The third-order valence-corrected chi connectivity index (χ3v) is 8.58. The summed E-state index contributed by atoms with van der Waals surface area (Å²) in [6, 6.07) is 36.5. The second-order valence-corrected chi connectivity index (χ2v) is 11.3. The van der Waals surface area contributed by atoms with E-state index in [1.807, 2.05) is 104 Å². The predicted molar refractivity (Wildman–Crippen MR) is 138 cm³/mol. The van der Waals surface area contributed by atoms with Crippen molar-refractivity contribution in [2.24, 2.45) is 4.40 Å². The van der Waals surface area contributed by atoms with Crippen LogP contribution in [0.15, 0.2) is 125 Å². The van der Waals surface area contributed by atoms with Crippen molar-refractivity contribution in [3.63, 3.8) is 0 Å². The van der Waals surface area contributed by atoms with Crippen LogP contribution in [0.5, 0.6) is 0 Å². The number of hydrogen-bond acceptors (Lipinski definition) is 2. The van der Waals surface area contributed by atoms with Gasteiger partial charge in [0.1, 0.15) is 0 Å². The van der Waals surface area contributed by atoms with Gasteiger partial charge in [-0.2, -0.15) is 0 Å². The van der Waals surface area contributed by atoms with Gasteiger partial charge in [-0.1, -0.05) is 0 Å². The Hall–Kier alpha value is -3.24. The van der Waals surface area contributed by atoms with Crippen molar-refractivity contribution in [2.45, 2.75) is 11.8 Å². The van der Waals surface area contributed by atoms with Gasteiger partial charge in [0.15, 0.2) is 0 Å². The van der Waals surface area contributed by atoms with Gasteiger partial charge in [0.2, 0.25) is 0 Å². The third-order valence-electron chi connectivity index (χ3n) is 4.91. The third kappa shape index (κ3) is 6.17. The first-order valence-electron chi connectivity index (χ1n) is 10.5. The van der Waals surface area contributed by atoms with Gasteiger partial charge in [0.25, 0.3) is 0 Å². The minimum atomic E-state index is -3.88. The maximum absolute atomic E-state index is 13.3. The van der Waals surface area contributed by atoms with Crippen LogP contribution >= 0.6 is 0 Å². The fourth-order valence-corrected chi connectivity index (χ4v) is 6.67. The average molecular weight is 517 g/mol. The Balaban J connectivity index is 1.90. The summed E-state index contributed by atoms with van der Waals surface area (Å²) < 4.78 is 32.7. The number of allylic oxidation sites excluding steroid dienone is 1. The molecule has 33 heavy (non-hydrogen) atoms. The number of rotatable bonds is 7. The van der Waals surface area contributed by atoms with Gasteiger partial charge in [-0.25, -0.2) is 0 Å². The number of hydrogen-bond donors (Lipinski definition) is 0. The summed E-state index contributed by atoms with van der Waals surface area (Å²) in [6.45, 7) is 1.93. The molecule has 0 fully saturated rings. The van der Waals surface area contributed by atoms with Crippen LogP contribution in [-0.4, -0.2) is 28.0 Å². The van der Waals surface area contributed by atoms with Crippen LogP contribution in [0.1, 0.15) is 16.7 Å². The summed E-state index contributed by atoms with van der Waals surface area (Å²) in [4.78, 5) is 0.196.